The molecule has 4 aromatic carbocycles. The molecule has 0 spiro atoms. The molecule has 38 heavy (non-hydrogen) atoms. The number of furan rings is 1. The maximum atomic E-state index is 5.97. The molecule has 0 atom stereocenters. The van der Waals surface area contributed by atoms with Crippen LogP contribution in [0.2, 0.25) is 0 Å². The third-order valence-electron chi connectivity index (χ3n) is 6.61. The molecule has 0 bridgehead atoms. The van der Waals surface area contributed by atoms with Crippen molar-refractivity contribution in [3.8, 4) is 11.1 Å². The Kier molecular flexibility index (Phi) is 6.10. The average Bonchev–Trinajstić information content (AvgIpc) is 3.29. The molecule has 0 saturated carbocycles. The minimum absolute atomic E-state index is 0.802. The number of aliphatic imine (C=N–C) groups is 1. The van der Waals surface area contributed by atoms with Crippen molar-refractivity contribution >= 4 is 50.5 Å². The van der Waals surface area contributed by atoms with E-state index in [1.807, 2.05) is 49.4 Å². The van der Waals surface area contributed by atoms with E-state index in [1.165, 1.54) is 5.56 Å². The van der Waals surface area contributed by atoms with Crippen LogP contribution in [0.4, 0.5) is 22.7 Å². The molecular formula is C33H28N4O. The molecule has 0 fully saturated rings. The fraction of sp³-hybridized carbons (Fsp3) is 0.0909. The minimum atomic E-state index is 0.802. The van der Waals surface area contributed by atoms with Crippen molar-refractivity contribution in [2.24, 2.45) is 4.99 Å². The summed E-state index contributed by atoms with van der Waals surface area (Å²) in [7, 11) is 0. The first kappa shape index (κ1) is 23.5. The molecule has 0 aliphatic rings. The Morgan fingerprint density at radius 3 is 2.45 bits per heavy atom. The smallest absolute Gasteiger partial charge is 0.153 e. The number of pyridine rings is 1. The Morgan fingerprint density at radius 2 is 1.58 bits per heavy atom. The van der Waals surface area contributed by atoms with Crippen LogP contribution in [0.25, 0.3) is 33.1 Å². The zero-order chi connectivity index (χ0) is 26.1. The second-order valence-electron chi connectivity index (χ2n) is 9.55. The van der Waals surface area contributed by atoms with Gasteiger partial charge in [0.05, 0.1) is 23.3 Å². The van der Waals surface area contributed by atoms with E-state index in [0.29, 0.717) is 0 Å². The molecule has 5 heteroatoms. The van der Waals surface area contributed by atoms with Gasteiger partial charge in [-0.25, -0.2) is 4.99 Å². The molecule has 2 heterocycles. The van der Waals surface area contributed by atoms with Crippen LogP contribution in [0.1, 0.15) is 18.1 Å². The second kappa shape index (κ2) is 9.87. The lowest BCUT2D eigenvalue weighted by Crippen LogP contribution is -2.08. The van der Waals surface area contributed by atoms with Gasteiger partial charge in [0, 0.05) is 22.7 Å². The Morgan fingerprint density at radius 1 is 0.763 bits per heavy atom. The molecule has 0 unspecified atom stereocenters. The lowest BCUT2D eigenvalue weighted by molar-refractivity contribution is 0.667. The van der Waals surface area contributed by atoms with Crippen LogP contribution in [0.3, 0.4) is 0 Å². The van der Waals surface area contributed by atoms with Crippen molar-refractivity contribution in [2.45, 2.75) is 20.8 Å². The summed E-state index contributed by atoms with van der Waals surface area (Å²) in [5, 5.41) is 9.26. The predicted molar refractivity (Wildman–Crippen MR) is 159 cm³/mol. The van der Waals surface area contributed by atoms with Crippen LogP contribution in [0.15, 0.2) is 113 Å². The molecule has 0 aliphatic heterocycles. The summed E-state index contributed by atoms with van der Waals surface area (Å²) >= 11 is 0. The highest BCUT2D eigenvalue weighted by molar-refractivity contribution is 6.06. The van der Waals surface area contributed by atoms with Crippen LogP contribution in [0.5, 0.6) is 0 Å². The van der Waals surface area contributed by atoms with E-state index in [2.05, 4.69) is 78.0 Å². The first-order valence-electron chi connectivity index (χ1n) is 12.7. The molecule has 0 aliphatic carbocycles. The van der Waals surface area contributed by atoms with Crippen LogP contribution < -0.4 is 10.6 Å². The standard InChI is InChI=1S/C33H28N4O/c1-21-16-25(24-12-13-32-28(19-24)27-14-15-34-20-33(27)38-32)18-26(17-21)37-31-11-7-6-10-30(31)36-23(3)35-29-9-5-4-8-22(29)2/h4-20,37H,1-3H3,(H,35,36). The van der Waals surface area contributed by atoms with Crippen molar-refractivity contribution in [1.82, 2.24) is 4.98 Å². The van der Waals surface area contributed by atoms with Crippen LogP contribution in [-0.4, -0.2) is 10.8 Å². The molecule has 0 saturated heterocycles. The maximum absolute atomic E-state index is 5.97. The third kappa shape index (κ3) is 4.74. The zero-order valence-corrected chi connectivity index (χ0v) is 21.6. The van der Waals surface area contributed by atoms with Crippen molar-refractivity contribution in [3.63, 3.8) is 0 Å². The van der Waals surface area contributed by atoms with Crippen LogP contribution in [-0.2, 0) is 0 Å². The minimum Gasteiger partial charge on any atom is -0.454 e. The Balaban J connectivity index is 1.31. The number of anilines is 3. The number of hydrogen-bond donors (Lipinski definition) is 2. The van der Waals surface area contributed by atoms with E-state index in [-0.39, 0.29) is 0 Å². The number of nitrogens with one attached hydrogen (secondary N) is 2. The van der Waals surface area contributed by atoms with Gasteiger partial charge >= 0.3 is 0 Å². The van der Waals surface area contributed by atoms with Gasteiger partial charge in [0.15, 0.2) is 5.58 Å². The van der Waals surface area contributed by atoms with Crippen molar-refractivity contribution in [3.05, 3.63) is 115 Å². The highest BCUT2D eigenvalue weighted by Gasteiger charge is 2.10. The van der Waals surface area contributed by atoms with Gasteiger partial charge in [-0.15, -0.1) is 0 Å². The van der Waals surface area contributed by atoms with Crippen molar-refractivity contribution in [2.75, 3.05) is 10.6 Å². The first-order chi connectivity index (χ1) is 18.5. The summed E-state index contributed by atoms with van der Waals surface area (Å²) in [4.78, 5) is 8.96. The number of benzene rings is 4. The fourth-order valence-electron chi connectivity index (χ4n) is 4.78. The second-order valence-corrected chi connectivity index (χ2v) is 9.55. The van der Waals surface area contributed by atoms with Crippen molar-refractivity contribution in [1.29, 1.82) is 0 Å². The van der Waals surface area contributed by atoms with E-state index >= 15 is 0 Å². The average molecular weight is 497 g/mol. The Hall–Kier alpha value is -4.90. The van der Waals surface area contributed by atoms with E-state index in [1.54, 1.807) is 12.4 Å². The molecule has 6 rings (SSSR count). The molecular weight excluding hydrogens is 468 g/mol. The normalized spacial score (nSPS) is 11.7. The quantitative estimate of drug-likeness (QED) is 0.184. The van der Waals surface area contributed by atoms with Gasteiger partial charge in [0.25, 0.3) is 0 Å². The van der Waals surface area contributed by atoms with Gasteiger partial charge in [0.2, 0.25) is 0 Å². The van der Waals surface area contributed by atoms with E-state index in [4.69, 9.17) is 9.41 Å². The molecule has 186 valence electrons. The highest BCUT2D eigenvalue weighted by Crippen LogP contribution is 2.34. The molecule has 2 N–H and O–H groups in total. The third-order valence-corrected chi connectivity index (χ3v) is 6.61. The zero-order valence-electron chi connectivity index (χ0n) is 21.6. The number of aryl methyl sites for hydroxylation is 2. The Bertz CT molecular complexity index is 1820. The molecule has 5 nitrogen and oxygen atoms in total. The summed E-state index contributed by atoms with van der Waals surface area (Å²) in [5.74, 6) is 0.828. The number of rotatable bonds is 5. The van der Waals surface area contributed by atoms with Crippen molar-refractivity contribution < 1.29 is 4.42 Å². The number of fused-ring (bicyclic) bond motifs is 3. The number of hydrogen-bond acceptors (Lipinski definition) is 4. The fourth-order valence-corrected chi connectivity index (χ4v) is 4.78. The van der Waals surface area contributed by atoms with Gasteiger partial charge in [-0.3, -0.25) is 4.98 Å². The summed E-state index contributed by atoms with van der Waals surface area (Å²) < 4.78 is 5.97. The Labute approximate surface area is 221 Å². The maximum Gasteiger partial charge on any atom is 0.153 e. The summed E-state index contributed by atoms with van der Waals surface area (Å²) in [6.45, 7) is 6.18. The lowest BCUT2D eigenvalue weighted by atomic mass is 10.0. The van der Waals surface area contributed by atoms with Gasteiger partial charge in [-0.05, 0) is 91.6 Å². The molecule has 6 aromatic rings. The SMILES string of the molecule is C/C(=N/c1ccccc1C)Nc1ccccc1Nc1cc(C)cc(-c2ccc3oc4cnccc4c3c2)c1. The van der Waals surface area contributed by atoms with Gasteiger partial charge < -0.3 is 15.1 Å². The lowest BCUT2D eigenvalue weighted by Gasteiger charge is -2.15. The molecule has 0 radical (unpaired) electrons. The van der Waals surface area contributed by atoms with E-state index < -0.39 is 0 Å². The van der Waals surface area contributed by atoms with Gasteiger partial charge in [-0.2, -0.15) is 0 Å². The number of aromatic nitrogens is 1. The first-order valence-corrected chi connectivity index (χ1v) is 12.7. The number of amidine groups is 1. The molecule has 2 aromatic heterocycles. The molecule has 0 amide bonds. The summed E-state index contributed by atoms with van der Waals surface area (Å²) in [6.07, 6.45) is 3.57. The number of nitrogens with zero attached hydrogens (tertiary/aromatic N) is 2. The highest BCUT2D eigenvalue weighted by atomic mass is 16.3. The largest absolute Gasteiger partial charge is 0.454 e. The van der Waals surface area contributed by atoms with E-state index in [9.17, 15) is 0 Å². The summed E-state index contributed by atoms with van der Waals surface area (Å²) in [6, 6.07) is 31.2. The monoisotopic (exact) mass is 496 g/mol. The van der Waals surface area contributed by atoms with Gasteiger partial charge in [-0.1, -0.05) is 42.5 Å². The predicted octanol–water partition coefficient (Wildman–Crippen LogP) is 9.17. The van der Waals surface area contributed by atoms with Gasteiger partial charge in [0.1, 0.15) is 11.4 Å². The number of para-hydroxylation sites is 3. The van der Waals surface area contributed by atoms with E-state index in [0.717, 1.165) is 67.2 Å². The van der Waals surface area contributed by atoms with Crippen LogP contribution >= 0.6 is 0 Å². The topological polar surface area (TPSA) is 62.5 Å². The summed E-state index contributed by atoms with van der Waals surface area (Å²) in [5.41, 5.74) is 10.2. The van der Waals surface area contributed by atoms with Crippen LogP contribution in [0, 0.1) is 13.8 Å².